The lowest BCUT2D eigenvalue weighted by Gasteiger charge is -2.15. The monoisotopic (exact) mass is 328 g/mol. The molecule has 3 nitrogen and oxygen atoms in total. The summed E-state index contributed by atoms with van der Waals surface area (Å²) in [7, 11) is 1.84. The molecule has 3 aromatic rings. The van der Waals surface area contributed by atoms with Crippen molar-refractivity contribution >= 4 is 28.6 Å². The molecular formula is C17H16N2OS2. The van der Waals surface area contributed by atoms with Crippen molar-refractivity contribution in [3.63, 3.8) is 0 Å². The Balaban J connectivity index is 1.82. The van der Waals surface area contributed by atoms with Crippen LogP contribution in [0.15, 0.2) is 47.8 Å². The average molecular weight is 328 g/mol. The van der Waals surface area contributed by atoms with Crippen molar-refractivity contribution < 1.29 is 4.79 Å². The van der Waals surface area contributed by atoms with E-state index in [9.17, 15) is 4.79 Å². The van der Waals surface area contributed by atoms with Gasteiger partial charge < -0.3 is 4.90 Å². The van der Waals surface area contributed by atoms with Crippen LogP contribution in [-0.2, 0) is 6.54 Å². The number of aryl methyl sites for hydroxylation is 1. The van der Waals surface area contributed by atoms with E-state index in [2.05, 4.69) is 4.98 Å². The second-order valence-electron chi connectivity index (χ2n) is 5.04. The van der Waals surface area contributed by atoms with Crippen LogP contribution >= 0.6 is 22.7 Å². The quantitative estimate of drug-likeness (QED) is 0.709. The maximum atomic E-state index is 12.6. The zero-order valence-corrected chi connectivity index (χ0v) is 14.1. The SMILES string of the molecule is Cc1nc(-c2ccccc2)sc1C(=O)N(C)Cc1cccs1. The number of aromatic nitrogens is 1. The van der Waals surface area contributed by atoms with Gasteiger partial charge in [0.1, 0.15) is 9.88 Å². The first-order valence-electron chi connectivity index (χ1n) is 6.96. The number of carbonyl (C=O) groups is 1. The van der Waals surface area contributed by atoms with Gasteiger partial charge in [0.25, 0.3) is 5.91 Å². The van der Waals surface area contributed by atoms with Gasteiger partial charge in [-0.3, -0.25) is 4.79 Å². The Morgan fingerprint density at radius 1 is 1.18 bits per heavy atom. The van der Waals surface area contributed by atoms with Gasteiger partial charge in [-0.05, 0) is 18.4 Å². The molecule has 0 aliphatic carbocycles. The zero-order chi connectivity index (χ0) is 15.5. The van der Waals surface area contributed by atoms with Gasteiger partial charge in [-0.15, -0.1) is 22.7 Å². The summed E-state index contributed by atoms with van der Waals surface area (Å²) in [5.74, 6) is 0.0329. The van der Waals surface area contributed by atoms with Crippen molar-refractivity contribution in [2.75, 3.05) is 7.05 Å². The Bertz CT molecular complexity index is 763. The molecule has 0 fully saturated rings. The molecule has 5 heteroatoms. The Labute approximate surface area is 137 Å². The summed E-state index contributed by atoms with van der Waals surface area (Å²) >= 11 is 3.13. The molecule has 0 radical (unpaired) electrons. The molecule has 0 atom stereocenters. The van der Waals surface area contributed by atoms with Gasteiger partial charge in [-0.2, -0.15) is 0 Å². The molecule has 0 saturated carbocycles. The molecule has 0 aliphatic heterocycles. The first-order chi connectivity index (χ1) is 10.6. The summed E-state index contributed by atoms with van der Waals surface area (Å²) in [5, 5.41) is 2.92. The summed E-state index contributed by atoms with van der Waals surface area (Å²) in [4.78, 5) is 20.8. The standard InChI is InChI=1S/C17H16N2OS2/c1-12-15(17(20)19(2)11-14-9-6-10-21-14)22-16(18-12)13-7-4-3-5-8-13/h3-10H,11H2,1-2H3. The molecule has 0 bridgehead atoms. The fraction of sp³-hybridized carbons (Fsp3) is 0.176. The van der Waals surface area contributed by atoms with E-state index in [0.29, 0.717) is 6.54 Å². The Kier molecular flexibility index (Phi) is 4.36. The van der Waals surface area contributed by atoms with Crippen molar-refractivity contribution in [2.45, 2.75) is 13.5 Å². The lowest BCUT2D eigenvalue weighted by atomic mass is 10.2. The fourth-order valence-electron chi connectivity index (χ4n) is 2.18. The highest BCUT2D eigenvalue weighted by molar-refractivity contribution is 7.17. The van der Waals surface area contributed by atoms with Crippen LogP contribution in [0.4, 0.5) is 0 Å². The minimum absolute atomic E-state index is 0.0329. The summed E-state index contributed by atoms with van der Waals surface area (Å²) in [6, 6.07) is 14.0. The number of benzene rings is 1. The van der Waals surface area contributed by atoms with Crippen LogP contribution in [0.2, 0.25) is 0 Å². The second-order valence-corrected chi connectivity index (χ2v) is 7.07. The van der Waals surface area contributed by atoms with Crippen molar-refractivity contribution in [3.05, 3.63) is 63.3 Å². The number of hydrogen-bond acceptors (Lipinski definition) is 4. The highest BCUT2D eigenvalue weighted by Crippen LogP contribution is 2.28. The molecule has 1 amide bonds. The van der Waals surface area contributed by atoms with E-state index in [1.807, 2.05) is 61.8 Å². The normalized spacial score (nSPS) is 10.6. The van der Waals surface area contributed by atoms with Crippen molar-refractivity contribution in [1.82, 2.24) is 9.88 Å². The van der Waals surface area contributed by atoms with Crippen LogP contribution in [0.25, 0.3) is 10.6 Å². The molecule has 0 aliphatic rings. The zero-order valence-electron chi connectivity index (χ0n) is 12.4. The molecule has 2 aromatic heterocycles. The molecule has 0 spiro atoms. The Morgan fingerprint density at radius 3 is 2.64 bits per heavy atom. The molecule has 1 aromatic carbocycles. The van der Waals surface area contributed by atoms with E-state index in [0.717, 1.165) is 21.1 Å². The van der Waals surface area contributed by atoms with Crippen LogP contribution < -0.4 is 0 Å². The largest absolute Gasteiger partial charge is 0.336 e. The van der Waals surface area contributed by atoms with E-state index in [-0.39, 0.29) is 5.91 Å². The van der Waals surface area contributed by atoms with Gasteiger partial charge in [-0.1, -0.05) is 36.4 Å². The molecule has 3 rings (SSSR count). The number of carbonyl (C=O) groups excluding carboxylic acids is 1. The Morgan fingerprint density at radius 2 is 1.95 bits per heavy atom. The smallest absolute Gasteiger partial charge is 0.265 e. The summed E-state index contributed by atoms with van der Waals surface area (Å²) in [6.07, 6.45) is 0. The van der Waals surface area contributed by atoms with Gasteiger partial charge in [0.15, 0.2) is 0 Å². The summed E-state index contributed by atoms with van der Waals surface area (Å²) < 4.78 is 0. The van der Waals surface area contributed by atoms with Crippen LogP contribution in [0, 0.1) is 6.92 Å². The maximum Gasteiger partial charge on any atom is 0.265 e. The third kappa shape index (κ3) is 3.10. The first kappa shape index (κ1) is 14.9. The maximum absolute atomic E-state index is 12.6. The van der Waals surface area contributed by atoms with Gasteiger partial charge in [0.05, 0.1) is 12.2 Å². The highest BCUT2D eigenvalue weighted by Gasteiger charge is 2.19. The molecule has 0 saturated heterocycles. The van der Waals surface area contributed by atoms with E-state index < -0.39 is 0 Å². The minimum Gasteiger partial charge on any atom is -0.336 e. The predicted octanol–water partition coefficient (Wildman–Crippen LogP) is 4.45. The van der Waals surface area contributed by atoms with Gasteiger partial charge >= 0.3 is 0 Å². The number of hydrogen-bond donors (Lipinski definition) is 0. The molecular weight excluding hydrogens is 312 g/mol. The third-order valence-electron chi connectivity index (χ3n) is 3.33. The van der Waals surface area contributed by atoms with Gasteiger partial charge in [0.2, 0.25) is 0 Å². The van der Waals surface area contributed by atoms with Crippen LogP contribution in [-0.4, -0.2) is 22.8 Å². The van der Waals surface area contributed by atoms with Gasteiger partial charge in [0, 0.05) is 17.5 Å². The lowest BCUT2D eigenvalue weighted by molar-refractivity contribution is 0.0790. The minimum atomic E-state index is 0.0329. The molecule has 0 N–H and O–H groups in total. The number of rotatable bonds is 4. The van der Waals surface area contributed by atoms with Crippen molar-refractivity contribution in [1.29, 1.82) is 0 Å². The van der Waals surface area contributed by atoms with Crippen LogP contribution in [0.1, 0.15) is 20.2 Å². The topological polar surface area (TPSA) is 33.2 Å². The first-order valence-corrected chi connectivity index (χ1v) is 8.65. The lowest BCUT2D eigenvalue weighted by Crippen LogP contribution is -2.25. The third-order valence-corrected chi connectivity index (χ3v) is 5.39. The second kappa shape index (κ2) is 6.42. The fourth-order valence-corrected chi connectivity index (χ4v) is 4.00. The predicted molar refractivity (Wildman–Crippen MR) is 92.4 cm³/mol. The van der Waals surface area contributed by atoms with E-state index >= 15 is 0 Å². The number of thiophene rings is 1. The van der Waals surface area contributed by atoms with Crippen molar-refractivity contribution in [3.8, 4) is 10.6 Å². The van der Waals surface area contributed by atoms with Crippen LogP contribution in [0.3, 0.4) is 0 Å². The summed E-state index contributed by atoms with van der Waals surface area (Å²) in [6.45, 7) is 2.53. The van der Waals surface area contributed by atoms with E-state index in [4.69, 9.17) is 0 Å². The average Bonchev–Trinajstić information content (AvgIpc) is 3.17. The molecule has 0 unspecified atom stereocenters. The molecule has 112 valence electrons. The van der Waals surface area contributed by atoms with Crippen molar-refractivity contribution in [2.24, 2.45) is 0 Å². The number of nitrogens with zero attached hydrogens (tertiary/aromatic N) is 2. The highest BCUT2D eigenvalue weighted by atomic mass is 32.1. The van der Waals surface area contributed by atoms with Crippen LogP contribution in [0.5, 0.6) is 0 Å². The molecule has 22 heavy (non-hydrogen) atoms. The molecule has 2 heterocycles. The van der Waals surface area contributed by atoms with Gasteiger partial charge in [-0.25, -0.2) is 4.98 Å². The number of amides is 1. The summed E-state index contributed by atoms with van der Waals surface area (Å²) in [5.41, 5.74) is 1.85. The number of thiazole rings is 1. The van der Waals surface area contributed by atoms with E-state index in [1.54, 1.807) is 16.2 Å². The van der Waals surface area contributed by atoms with E-state index in [1.165, 1.54) is 16.2 Å². The Hall–Kier alpha value is -1.98.